The van der Waals surface area contributed by atoms with Crippen molar-refractivity contribution in [2.45, 2.75) is 46.2 Å². The third-order valence-corrected chi connectivity index (χ3v) is 4.75. The fourth-order valence-corrected chi connectivity index (χ4v) is 3.44. The molecule has 1 aliphatic heterocycles. The van der Waals surface area contributed by atoms with Crippen LogP contribution < -0.4 is 10.2 Å². The second-order valence-corrected chi connectivity index (χ2v) is 6.11. The van der Waals surface area contributed by atoms with Crippen LogP contribution in [0.25, 0.3) is 0 Å². The summed E-state index contributed by atoms with van der Waals surface area (Å²) in [6.45, 7) is 11.0. The van der Waals surface area contributed by atoms with Gasteiger partial charge in [-0.2, -0.15) is 0 Å². The lowest BCUT2D eigenvalue weighted by molar-refractivity contribution is 0.274. The lowest BCUT2D eigenvalue weighted by atomic mass is 9.86. The SMILES string of the molecule is CCNC1CCN(c2ccc(C)cc2Cl)C(C)C1C. The molecular weight excluding hydrogens is 256 g/mol. The van der Waals surface area contributed by atoms with Crippen LogP contribution >= 0.6 is 11.6 Å². The predicted octanol–water partition coefficient (Wildman–Crippen LogP) is 3.86. The molecule has 0 aliphatic carbocycles. The van der Waals surface area contributed by atoms with Gasteiger partial charge in [0.25, 0.3) is 0 Å². The molecule has 1 N–H and O–H groups in total. The van der Waals surface area contributed by atoms with Gasteiger partial charge in [-0.15, -0.1) is 0 Å². The maximum atomic E-state index is 6.42. The van der Waals surface area contributed by atoms with Crippen molar-refractivity contribution < 1.29 is 0 Å². The molecule has 0 spiro atoms. The van der Waals surface area contributed by atoms with Gasteiger partial charge < -0.3 is 10.2 Å². The highest BCUT2D eigenvalue weighted by Gasteiger charge is 2.32. The molecule has 2 rings (SSSR count). The summed E-state index contributed by atoms with van der Waals surface area (Å²) >= 11 is 6.42. The molecule has 1 aliphatic rings. The minimum atomic E-state index is 0.512. The maximum Gasteiger partial charge on any atom is 0.0642 e. The molecule has 1 fully saturated rings. The summed E-state index contributed by atoms with van der Waals surface area (Å²) < 4.78 is 0. The first kappa shape index (κ1) is 14.7. The number of hydrogen-bond acceptors (Lipinski definition) is 2. The number of halogens is 1. The van der Waals surface area contributed by atoms with Crippen molar-refractivity contribution in [1.29, 1.82) is 0 Å². The summed E-state index contributed by atoms with van der Waals surface area (Å²) in [4.78, 5) is 2.46. The molecule has 0 bridgehead atoms. The fourth-order valence-electron chi connectivity index (χ4n) is 3.10. The second kappa shape index (κ2) is 6.15. The standard InChI is InChI=1S/C16H25ClN2/c1-5-18-15-8-9-19(13(4)12(15)3)16-7-6-11(2)10-14(16)17/h6-7,10,12-13,15,18H,5,8-9H2,1-4H3. The summed E-state index contributed by atoms with van der Waals surface area (Å²) in [5.41, 5.74) is 2.40. The first-order valence-corrected chi connectivity index (χ1v) is 7.68. The molecule has 1 saturated heterocycles. The Bertz CT molecular complexity index is 433. The third-order valence-electron chi connectivity index (χ3n) is 4.45. The average Bonchev–Trinajstić information content (AvgIpc) is 2.37. The Morgan fingerprint density at radius 2 is 2.11 bits per heavy atom. The Morgan fingerprint density at radius 1 is 1.37 bits per heavy atom. The zero-order valence-electron chi connectivity index (χ0n) is 12.4. The molecule has 3 unspecified atom stereocenters. The number of piperidine rings is 1. The number of nitrogens with one attached hydrogen (secondary N) is 1. The van der Waals surface area contributed by atoms with Crippen molar-refractivity contribution in [2.75, 3.05) is 18.0 Å². The van der Waals surface area contributed by atoms with Crippen molar-refractivity contribution in [3.8, 4) is 0 Å². The zero-order chi connectivity index (χ0) is 14.0. The van der Waals surface area contributed by atoms with E-state index in [1.807, 2.05) is 0 Å². The van der Waals surface area contributed by atoms with Gasteiger partial charge in [-0.25, -0.2) is 0 Å². The van der Waals surface area contributed by atoms with E-state index in [1.165, 1.54) is 17.7 Å². The molecule has 1 aromatic rings. The van der Waals surface area contributed by atoms with Crippen LogP contribution in [0.4, 0.5) is 5.69 Å². The van der Waals surface area contributed by atoms with Crippen molar-refractivity contribution in [3.05, 3.63) is 28.8 Å². The summed E-state index contributed by atoms with van der Waals surface area (Å²) in [5, 5.41) is 4.48. The first-order chi connectivity index (χ1) is 9.04. The van der Waals surface area contributed by atoms with Crippen LogP contribution in [0.5, 0.6) is 0 Å². The number of hydrogen-bond donors (Lipinski definition) is 1. The van der Waals surface area contributed by atoms with E-state index in [1.54, 1.807) is 0 Å². The van der Waals surface area contributed by atoms with E-state index < -0.39 is 0 Å². The van der Waals surface area contributed by atoms with Crippen molar-refractivity contribution in [2.24, 2.45) is 5.92 Å². The Morgan fingerprint density at radius 3 is 2.74 bits per heavy atom. The summed E-state index contributed by atoms with van der Waals surface area (Å²) in [6, 6.07) is 7.51. The lowest BCUT2D eigenvalue weighted by Crippen LogP contribution is -2.53. The van der Waals surface area contributed by atoms with Gasteiger partial charge in [0.05, 0.1) is 10.7 Å². The quantitative estimate of drug-likeness (QED) is 0.904. The topological polar surface area (TPSA) is 15.3 Å². The van der Waals surface area contributed by atoms with Crippen LogP contribution in [-0.4, -0.2) is 25.2 Å². The van der Waals surface area contributed by atoms with E-state index in [0.29, 0.717) is 18.0 Å². The molecule has 0 radical (unpaired) electrons. The summed E-state index contributed by atoms with van der Waals surface area (Å²) in [5.74, 6) is 0.631. The van der Waals surface area contributed by atoms with Crippen LogP contribution in [0.15, 0.2) is 18.2 Å². The number of anilines is 1. The average molecular weight is 281 g/mol. The van der Waals surface area contributed by atoms with E-state index in [-0.39, 0.29) is 0 Å². The second-order valence-electron chi connectivity index (χ2n) is 5.70. The van der Waals surface area contributed by atoms with Crippen LogP contribution in [0.1, 0.15) is 32.8 Å². The number of benzene rings is 1. The van der Waals surface area contributed by atoms with Gasteiger partial charge in [0.2, 0.25) is 0 Å². The van der Waals surface area contributed by atoms with Gasteiger partial charge in [0, 0.05) is 18.6 Å². The monoisotopic (exact) mass is 280 g/mol. The van der Waals surface area contributed by atoms with Crippen LogP contribution in [0, 0.1) is 12.8 Å². The van der Waals surface area contributed by atoms with Gasteiger partial charge in [-0.05, 0) is 50.4 Å². The fraction of sp³-hybridized carbons (Fsp3) is 0.625. The molecule has 3 heteroatoms. The Hall–Kier alpha value is -0.730. The Labute approximate surface area is 122 Å². The summed E-state index contributed by atoms with van der Waals surface area (Å²) in [6.07, 6.45) is 1.18. The smallest absolute Gasteiger partial charge is 0.0642 e. The molecule has 0 amide bonds. The molecule has 3 atom stereocenters. The molecule has 19 heavy (non-hydrogen) atoms. The zero-order valence-corrected chi connectivity index (χ0v) is 13.2. The highest BCUT2D eigenvalue weighted by atomic mass is 35.5. The molecule has 2 nitrogen and oxygen atoms in total. The minimum absolute atomic E-state index is 0.512. The van der Waals surface area contributed by atoms with Crippen molar-refractivity contribution in [3.63, 3.8) is 0 Å². The van der Waals surface area contributed by atoms with Gasteiger partial charge in [0.15, 0.2) is 0 Å². The molecule has 1 heterocycles. The van der Waals surface area contributed by atoms with Crippen LogP contribution in [0.3, 0.4) is 0 Å². The van der Waals surface area contributed by atoms with Crippen molar-refractivity contribution in [1.82, 2.24) is 5.32 Å². The van der Waals surface area contributed by atoms with E-state index in [9.17, 15) is 0 Å². The number of aryl methyl sites for hydroxylation is 1. The summed E-state index contributed by atoms with van der Waals surface area (Å²) in [7, 11) is 0. The van der Waals surface area contributed by atoms with Gasteiger partial charge in [0.1, 0.15) is 0 Å². The predicted molar refractivity (Wildman–Crippen MR) is 84.2 cm³/mol. The normalized spacial score (nSPS) is 27.6. The van der Waals surface area contributed by atoms with Crippen LogP contribution in [-0.2, 0) is 0 Å². The highest BCUT2D eigenvalue weighted by molar-refractivity contribution is 6.33. The van der Waals surface area contributed by atoms with E-state index in [0.717, 1.165) is 18.1 Å². The number of rotatable bonds is 3. The minimum Gasteiger partial charge on any atom is -0.367 e. The third kappa shape index (κ3) is 3.06. The Balaban J connectivity index is 2.18. The van der Waals surface area contributed by atoms with Gasteiger partial charge in [-0.3, -0.25) is 0 Å². The molecule has 106 valence electrons. The molecule has 0 aromatic heterocycles. The molecular formula is C16H25ClN2. The Kier molecular flexibility index (Phi) is 4.75. The van der Waals surface area contributed by atoms with Crippen LogP contribution in [0.2, 0.25) is 5.02 Å². The van der Waals surface area contributed by atoms with E-state index in [4.69, 9.17) is 11.6 Å². The van der Waals surface area contributed by atoms with Gasteiger partial charge >= 0.3 is 0 Å². The van der Waals surface area contributed by atoms with Crippen molar-refractivity contribution >= 4 is 17.3 Å². The molecule has 1 aromatic carbocycles. The highest BCUT2D eigenvalue weighted by Crippen LogP contribution is 2.33. The van der Waals surface area contributed by atoms with E-state index >= 15 is 0 Å². The molecule has 0 saturated carbocycles. The first-order valence-electron chi connectivity index (χ1n) is 7.30. The van der Waals surface area contributed by atoms with E-state index in [2.05, 4.69) is 56.1 Å². The maximum absolute atomic E-state index is 6.42. The van der Waals surface area contributed by atoms with Gasteiger partial charge in [-0.1, -0.05) is 31.5 Å². The lowest BCUT2D eigenvalue weighted by Gasteiger charge is -2.44. The largest absolute Gasteiger partial charge is 0.367 e. The number of nitrogens with zero attached hydrogens (tertiary/aromatic N) is 1.